The Bertz CT molecular complexity index is 2730. The average Bonchev–Trinajstić information content (AvgIpc) is 3.74. The summed E-state index contributed by atoms with van der Waals surface area (Å²) in [6, 6.07) is 111. The van der Waals surface area contributed by atoms with Gasteiger partial charge in [0.05, 0.1) is 0 Å². The van der Waals surface area contributed by atoms with Crippen LogP contribution in [-0.4, -0.2) is 0 Å². The highest BCUT2D eigenvalue weighted by Gasteiger charge is 2.42. The fourth-order valence-corrected chi connectivity index (χ4v) is 10.2. The third kappa shape index (κ3) is 8.67. The largest absolute Gasteiger partial charge is 0.0622 e. The quantitative estimate of drug-likeness (QED) is 0.128. The Hall–Kier alpha value is -9.10. The molecule has 1 saturated carbocycles. The summed E-state index contributed by atoms with van der Waals surface area (Å²) >= 11 is 0. The fourth-order valence-electron chi connectivity index (χ4n) is 10.2. The Labute approximate surface area is 412 Å². The first-order chi connectivity index (χ1) is 34.8. The van der Waals surface area contributed by atoms with Crippen molar-refractivity contribution in [3.63, 3.8) is 0 Å². The Morgan fingerprint density at radius 1 is 0.114 bits per heavy atom. The summed E-state index contributed by atoms with van der Waals surface area (Å²) in [7, 11) is 0. The molecule has 0 aliphatic heterocycles. The van der Waals surface area contributed by atoms with Crippen molar-refractivity contribution in [1.82, 2.24) is 0 Å². The lowest BCUT2D eigenvalue weighted by Gasteiger charge is -2.22. The second-order valence-electron chi connectivity index (χ2n) is 17.4. The van der Waals surface area contributed by atoms with Gasteiger partial charge in [0, 0.05) is 0 Å². The standard InChI is InChI=1S/C70H50/c1-11-31-51(32-12-1)61(52-33-13-2-14-34-52)66-67(62(53-35-15-3-16-36-53)54-37-17-4-18-38-54)69(64(57-43-23-7-24-44-57)58-45-25-8-26-46-58)70(65(59-47-27-9-28-48-59)60-49-29-10-30-50-60)68(66)63(55-39-19-5-20-40-55)56-41-21-6-22-42-56/h1-50H. The van der Waals surface area contributed by atoms with Gasteiger partial charge in [-0.2, -0.15) is 0 Å². The summed E-state index contributed by atoms with van der Waals surface area (Å²) < 4.78 is 0. The van der Waals surface area contributed by atoms with E-state index in [2.05, 4.69) is 303 Å². The van der Waals surface area contributed by atoms with Crippen LogP contribution in [0.15, 0.2) is 331 Å². The molecule has 1 aliphatic carbocycles. The number of benzene rings is 10. The second kappa shape index (κ2) is 20.4. The summed E-state index contributed by atoms with van der Waals surface area (Å²) in [5.41, 5.74) is 22.8. The molecule has 0 spiro atoms. The molecule has 0 N–H and O–H groups in total. The van der Waals surface area contributed by atoms with Gasteiger partial charge in [0.25, 0.3) is 0 Å². The minimum Gasteiger partial charge on any atom is -0.0622 e. The van der Waals surface area contributed by atoms with Gasteiger partial charge in [-0.1, -0.05) is 303 Å². The van der Waals surface area contributed by atoms with Crippen molar-refractivity contribution in [3.05, 3.63) is 387 Å². The molecule has 0 radical (unpaired) electrons. The first-order valence-electron chi connectivity index (χ1n) is 24.1. The molecule has 11 rings (SSSR count). The van der Waals surface area contributed by atoms with Crippen molar-refractivity contribution < 1.29 is 0 Å². The van der Waals surface area contributed by atoms with Crippen LogP contribution < -0.4 is 0 Å². The molecule has 0 saturated heterocycles. The van der Waals surface area contributed by atoms with E-state index in [4.69, 9.17) is 0 Å². The Kier molecular flexibility index (Phi) is 12.7. The zero-order chi connectivity index (χ0) is 46.9. The minimum absolute atomic E-state index is 1.13. The van der Waals surface area contributed by atoms with Crippen LogP contribution in [0.3, 0.4) is 0 Å². The van der Waals surface area contributed by atoms with Crippen molar-refractivity contribution in [1.29, 1.82) is 0 Å². The molecule has 0 heteroatoms. The Morgan fingerprint density at radius 2 is 0.200 bits per heavy atom. The molecule has 0 nitrogen and oxygen atoms in total. The lowest BCUT2D eigenvalue weighted by Crippen LogP contribution is -2.03. The topological polar surface area (TPSA) is 0 Å². The highest BCUT2D eigenvalue weighted by atomic mass is 14.4. The van der Waals surface area contributed by atoms with Crippen molar-refractivity contribution in [2.24, 2.45) is 0 Å². The van der Waals surface area contributed by atoms with E-state index in [0.717, 1.165) is 111 Å². The molecule has 1 aliphatic rings. The predicted molar refractivity (Wildman–Crippen MR) is 295 cm³/mol. The minimum atomic E-state index is 1.13. The maximum atomic E-state index is 2.29. The van der Waals surface area contributed by atoms with Gasteiger partial charge in [0.15, 0.2) is 0 Å². The SMILES string of the molecule is c1ccc(C(=C2C(=C(c3ccccc3)c3ccccc3)C(=C(c3ccccc3)c3ccccc3)C(=C(c3ccccc3)c3ccccc3)C2=C(c2ccccc2)c2ccccc2)c2ccccc2)cc1. The third-order valence-electron chi connectivity index (χ3n) is 13.1. The molecule has 0 bridgehead atoms. The fraction of sp³-hybridized carbons (Fsp3) is 0. The normalized spacial score (nSPS) is 12.1. The Balaban J connectivity index is 1.57. The lowest BCUT2D eigenvalue weighted by atomic mass is 9.80. The van der Waals surface area contributed by atoms with E-state index >= 15 is 0 Å². The highest BCUT2D eigenvalue weighted by Crippen LogP contribution is 2.60. The second-order valence-corrected chi connectivity index (χ2v) is 17.4. The third-order valence-corrected chi connectivity index (χ3v) is 13.1. The maximum absolute atomic E-state index is 2.29. The van der Waals surface area contributed by atoms with E-state index in [-0.39, 0.29) is 0 Å². The first kappa shape index (κ1) is 43.5. The summed E-state index contributed by atoms with van der Waals surface area (Å²) in [6.07, 6.45) is 0. The highest BCUT2D eigenvalue weighted by molar-refractivity contribution is 6.14. The van der Waals surface area contributed by atoms with Crippen LogP contribution in [0.4, 0.5) is 0 Å². The molecular weight excluding hydrogens is 841 g/mol. The van der Waals surface area contributed by atoms with Gasteiger partial charge < -0.3 is 0 Å². The van der Waals surface area contributed by atoms with Crippen LogP contribution in [0.2, 0.25) is 0 Å². The van der Waals surface area contributed by atoms with Gasteiger partial charge in [-0.3, -0.25) is 0 Å². The van der Waals surface area contributed by atoms with E-state index in [1.807, 2.05) is 0 Å². The Morgan fingerprint density at radius 3 is 0.286 bits per heavy atom. The zero-order valence-electron chi connectivity index (χ0n) is 38.9. The monoisotopic (exact) mass is 890 g/mol. The number of allylic oxidation sites excluding steroid dienone is 5. The number of rotatable bonds is 10. The van der Waals surface area contributed by atoms with Gasteiger partial charge in [-0.05, 0) is 111 Å². The first-order valence-corrected chi connectivity index (χ1v) is 24.1. The molecule has 0 heterocycles. The summed E-state index contributed by atoms with van der Waals surface area (Å²) in [5.74, 6) is 0. The van der Waals surface area contributed by atoms with Crippen LogP contribution in [0.5, 0.6) is 0 Å². The molecule has 0 atom stereocenters. The van der Waals surface area contributed by atoms with Gasteiger partial charge in [0.2, 0.25) is 0 Å². The van der Waals surface area contributed by atoms with E-state index in [0.29, 0.717) is 0 Å². The lowest BCUT2D eigenvalue weighted by molar-refractivity contribution is 1.43. The molecular formula is C70H50. The van der Waals surface area contributed by atoms with E-state index in [1.165, 1.54) is 0 Å². The van der Waals surface area contributed by atoms with Crippen molar-refractivity contribution >= 4 is 27.9 Å². The van der Waals surface area contributed by atoms with Crippen LogP contribution in [0, 0.1) is 0 Å². The van der Waals surface area contributed by atoms with Crippen molar-refractivity contribution in [2.75, 3.05) is 0 Å². The molecule has 0 aromatic heterocycles. The molecule has 330 valence electrons. The summed E-state index contributed by atoms with van der Waals surface area (Å²) in [4.78, 5) is 0. The molecule has 0 amide bonds. The van der Waals surface area contributed by atoms with E-state index < -0.39 is 0 Å². The van der Waals surface area contributed by atoms with Gasteiger partial charge in [-0.25, -0.2) is 0 Å². The van der Waals surface area contributed by atoms with Crippen LogP contribution in [-0.2, 0) is 0 Å². The molecule has 0 unspecified atom stereocenters. The van der Waals surface area contributed by atoms with Crippen molar-refractivity contribution in [3.8, 4) is 0 Å². The molecule has 10 aromatic rings. The van der Waals surface area contributed by atoms with E-state index in [1.54, 1.807) is 0 Å². The molecule has 1 fully saturated rings. The van der Waals surface area contributed by atoms with Crippen LogP contribution in [0.1, 0.15) is 55.6 Å². The average molecular weight is 891 g/mol. The van der Waals surface area contributed by atoms with Crippen LogP contribution in [0.25, 0.3) is 27.9 Å². The van der Waals surface area contributed by atoms with E-state index in [9.17, 15) is 0 Å². The molecule has 10 aromatic carbocycles. The zero-order valence-corrected chi connectivity index (χ0v) is 38.9. The number of hydrogen-bond acceptors (Lipinski definition) is 0. The van der Waals surface area contributed by atoms with Gasteiger partial charge in [0.1, 0.15) is 0 Å². The van der Waals surface area contributed by atoms with Gasteiger partial charge in [-0.15, -0.1) is 0 Å². The van der Waals surface area contributed by atoms with Gasteiger partial charge >= 0.3 is 0 Å². The summed E-state index contributed by atoms with van der Waals surface area (Å²) in [6.45, 7) is 0. The maximum Gasteiger partial charge on any atom is -0.0000936 e. The number of hydrogen-bond donors (Lipinski definition) is 0. The summed E-state index contributed by atoms with van der Waals surface area (Å²) in [5, 5.41) is 0. The van der Waals surface area contributed by atoms with Crippen LogP contribution >= 0.6 is 0 Å². The smallest absolute Gasteiger partial charge is 0.0000936 e. The molecule has 70 heavy (non-hydrogen) atoms. The van der Waals surface area contributed by atoms with Crippen molar-refractivity contribution in [2.45, 2.75) is 0 Å². The predicted octanol–water partition coefficient (Wildman–Crippen LogP) is 17.5.